The first-order valence-electron chi connectivity index (χ1n) is 18.4. The van der Waals surface area contributed by atoms with E-state index in [1.165, 1.54) is 99.0 Å². The Morgan fingerprint density at radius 2 is 0.698 bits per heavy atom. The molecule has 8 aromatic carbocycles. The molecular weight excluding hydrogens is 643 g/mol. The average molecular weight is 678 g/mol. The highest BCUT2D eigenvalue weighted by molar-refractivity contribution is 6.14. The number of para-hydroxylation sites is 3. The molecule has 0 spiro atoms. The maximum absolute atomic E-state index is 2.46. The van der Waals surface area contributed by atoms with Gasteiger partial charge in [0, 0.05) is 49.4 Å². The van der Waals surface area contributed by atoms with Crippen LogP contribution in [0.2, 0.25) is 0 Å². The first kappa shape index (κ1) is 29.8. The highest BCUT2D eigenvalue weighted by Crippen LogP contribution is 2.40. The van der Waals surface area contributed by atoms with Crippen molar-refractivity contribution < 1.29 is 0 Å². The Morgan fingerprint density at radius 1 is 0.264 bits per heavy atom. The zero-order valence-electron chi connectivity index (χ0n) is 29.6. The van der Waals surface area contributed by atoms with Crippen molar-refractivity contribution in [2.75, 3.05) is 0 Å². The molecule has 53 heavy (non-hydrogen) atoms. The van der Waals surface area contributed by atoms with Crippen molar-refractivity contribution in [2.24, 2.45) is 0 Å². The summed E-state index contributed by atoms with van der Waals surface area (Å²) in [6.45, 7) is 4.37. The Morgan fingerprint density at radius 3 is 1.36 bits per heavy atom. The van der Waals surface area contributed by atoms with Crippen LogP contribution < -0.4 is 0 Å². The lowest BCUT2D eigenvalue weighted by atomic mass is 10.0. The summed E-state index contributed by atoms with van der Waals surface area (Å²) >= 11 is 0. The van der Waals surface area contributed by atoms with Gasteiger partial charge < -0.3 is 13.7 Å². The molecule has 3 heterocycles. The summed E-state index contributed by atoms with van der Waals surface area (Å²) in [6, 6.07) is 64.8. The van der Waals surface area contributed by atoms with Gasteiger partial charge in [-0.3, -0.25) is 0 Å². The third-order valence-electron chi connectivity index (χ3n) is 11.1. The molecule has 11 aromatic rings. The summed E-state index contributed by atoms with van der Waals surface area (Å²) in [6.07, 6.45) is 0. The highest BCUT2D eigenvalue weighted by Gasteiger charge is 2.18. The standard InChI is InChI=1S/C50H35N3/c1-32-17-23-46-41(27-32)40-22-19-35(34-20-25-48-43(29-34)42-28-33(2)18-24-47(42)52(48)37-13-7-4-8-14-37)30-50(40)53(46)38-21-26-49-44(31-38)39-15-9-10-16-45(39)51(49)36-11-5-3-6-12-36/h3-31H,1-2H3. The van der Waals surface area contributed by atoms with Crippen LogP contribution in [0.4, 0.5) is 0 Å². The SMILES string of the molecule is Cc1ccc2c(c1)c1cc(-c3ccc4c5cc(C)ccc5n(-c5ccc6c(c5)c5ccccc5n6-c5ccccc5)c4c3)ccc1n2-c1ccccc1. The molecule has 0 saturated carbocycles. The fourth-order valence-corrected chi connectivity index (χ4v) is 8.72. The van der Waals surface area contributed by atoms with E-state index in [-0.39, 0.29) is 0 Å². The van der Waals surface area contributed by atoms with Crippen LogP contribution in [-0.2, 0) is 0 Å². The number of hydrogen-bond donors (Lipinski definition) is 0. The van der Waals surface area contributed by atoms with Gasteiger partial charge in [0.15, 0.2) is 0 Å². The number of rotatable bonds is 4. The zero-order chi connectivity index (χ0) is 35.2. The number of aryl methyl sites for hydroxylation is 2. The van der Waals surface area contributed by atoms with E-state index >= 15 is 0 Å². The molecule has 250 valence electrons. The lowest BCUT2D eigenvalue weighted by Gasteiger charge is -2.11. The molecular formula is C50H35N3. The van der Waals surface area contributed by atoms with Gasteiger partial charge in [-0.2, -0.15) is 0 Å². The second kappa shape index (κ2) is 11.3. The normalized spacial score (nSPS) is 12.0. The van der Waals surface area contributed by atoms with Crippen LogP contribution >= 0.6 is 0 Å². The van der Waals surface area contributed by atoms with Crippen molar-refractivity contribution in [3.8, 4) is 28.2 Å². The molecule has 0 amide bonds. The molecule has 0 aliphatic heterocycles. The fraction of sp³-hybridized carbons (Fsp3) is 0.0400. The third kappa shape index (κ3) is 4.47. The molecule has 11 rings (SSSR count). The summed E-state index contributed by atoms with van der Waals surface area (Å²) in [5.41, 5.74) is 15.7. The first-order valence-corrected chi connectivity index (χ1v) is 18.4. The van der Waals surface area contributed by atoms with Crippen LogP contribution in [0.3, 0.4) is 0 Å². The molecule has 3 aromatic heterocycles. The largest absolute Gasteiger partial charge is 0.309 e. The van der Waals surface area contributed by atoms with Gasteiger partial charge in [-0.15, -0.1) is 0 Å². The minimum Gasteiger partial charge on any atom is -0.309 e. The van der Waals surface area contributed by atoms with E-state index in [0.29, 0.717) is 0 Å². The Labute approximate surface area is 307 Å². The maximum Gasteiger partial charge on any atom is 0.0547 e. The maximum atomic E-state index is 2.46. The molecule has 3 heteroatoms. The van der Waals surface area contributed by atoms with Gasteiger partial charge in [-0.25, -0.2) is 0 Å². The Balaban J connectivity index is 1.14. The van der Waals surface area contributed by atoms with Gasteiger partial charge in [0.2, 0.25) is 0 Å². The molecule has 0 aliphatic carbocycles. The van der Waals surface area contributed by atoms with E-state index in [4.69, 9.17) is 0 Å². The lowest BCUT2D eigenvalue weighted by molar-refractivity contribution is 1.16. The van der Waals surface area contributed by atoms with Crippen molar-refractivity contribution in [1.82, 2.24) is 13.7 Å². The van der Waals surface area contributed by atoms with E-state index in [9.17, 15) is 0 Å². The smallest absolute Gasteiger partial charge is 0.0547 e. The summed E-state index contributed by atoms with van der Waals surface area (Å²) in [4.78, 5) is 0. The molecule has 0 bridgehead atoms. The quantitative estimate of drug-likeness (QED) is 0.176. The fourth-order valence-electron chi connectivity index (χ4n) is 8.72. The number of fused-ring (bicyclic) bond motifs is 9. The van der Waals surface area contributed by atoms with Crippen molar-refractivity contribution in [2.45, 2.75) is 13.8 Å². The van der Waals surface area contributed by atoms with Gasteiger partial charge in [0.05, 0.1) is 33.1 Å². The Bertz CT molecular complexity index is 3230. The van der Waals surface area contributed by atoms with Gasteiger partial charge in [0.25, 0.3) is 0 Å². The summed E-state index contributed by atoms with van der Waals surface area (Å²) in [7, 11) is 0. The van der Waals surface area contributed by atoms with Gasteiger partial charge >= 0.3 is 0 Å². The second-order valence-corrected chi connectivity index (χ2v) is 14.4. The molecule has 0 saturated heterocycles. The summed E-state index contributed by atoms with van der Waals surface area (Å²) in [5.74, 6) is 0. The van der Waals surface area contributed by atoms with Gasteiger partial charge in [-0.05, 0) is 116 Å². The number of hydrogen-bond acceptors (Lipinski definition) is 0. The van der Waals surface area contributed by atoms with Crippen LogP contribution in [0, 0.1) is 13.8 Å². The number of nitrogens with zero attached hydrogens (tertiary/aromatic N) is 3. The third-order valence-corrected chi connectivity index (χ3v) is 11.1. The Kier molecular flexibility index (Phi) is 6.38. The topological polar surface area (TPSA) is 14.8 Å². The molecule has 0 aliphatic rings. The van der Waals surface area contributed by atoms with E-state index < -0.39 is 0 Å². The van der Waals surface area contributed by atoms with Crippen LogP contribution in [0.1, 0.15) is 11.1 Å². The van der Waals surface area contributed by atoms with E-state index in [2.05, 4.69) is 203 Å². The number of benzene rings is 8. The van der Waals surface area contributed by atoms with Gasteiger partial charge in [0.1, 0.15) is 0 Å². The van der Waals surface area contributed by atoms with E-state index in [1.807, 2.05) is 0 Å². The monoisotopic (exact) mass is 677 g/mol. The average Bonchev–Trinajstić information content (AvgIpc) is 3.82. The van der Waals surface area contributed by atoms with E-state index in [0.717, 1.165) is 5.69 Å². The zero-order valence-corrected chi connectivity index (χ0v) is 29.6. The molecule has 0 unspecified atom stereocenters. The van der Waals surface area contributed by atoms with Crippen molar-refractivity contribution in [3.05, 3.63) is 187 Å². The minimum absolute atomic E-state index is 1.16. The second-order valence-electron chi connectivity index (χ2n) is 14.4. The van der Waals surface area contributed by atoms with E-state index in [1.54, 1.807) is 0 Å². The molecule has 0 N–H and O–H groups in total. The van der Waals surface area contributed by atoms with Crippen molar-refractivity contribution in [3.63, 3.8) is 0 Å². The lowest BCUT2D eigenvalue weighted by Crippen LogP contribution is -1.96. The number of aromatic nitrogens is 3. The predicted octanol–water partition coefficient (Wildman–Crippen LogP) is 13.3. The summed E-state index contributed by atoms with van der Waals surface area (Å²) < 4.78 is 7.24. The predicted molar refractivity (Wildman–Crippen MR) is 224 cm³/mol. The van der Waals surface area contributed by atoms with Crippen LogP contribution in [0.25, 0.3) is 93.6 Å². The Hall–Kier alpha value is -6.84. The van der Waals surface area contributed by atoms with Crippen LogP contribution in [0.15, 0.2) is 176 Å². The molecule has 3 nitrogen and oxygen atoms in total. The minimum atomic E-state index is 1.16. The first-order chi connectivity index (χ1) is 26.1. The van der Waals surface area contributed by atoms with Gasteiger partial charge in [-0.1, -0.05) is 96.1 Å². The van der Waals surface area contributed by atoms with Crippen molar-refractivity contribution >= 4 is 65.4 Å². The molecule has 0 atom stereocenters. The van der Waals surface area contributed by atoms with Crippen LogP contribution in [0.5, 0.6) is 0 Å². The highest BCUT2D eigenvalue weighted by atomic mass is 15.0. The van der Waals surface area contributed by atoms with Crippen LogP contribution in [-0.4, -0.2) is 13.7 Å². The van der Waals surface area contributed by atoms with Crippen molar-refractivity contribution in [1.29, 1.82) is 0 Å². The molecule has 0 radical (unpaired) electrons. The summed E-state index contributed by atoms with van der Waals surface area (Å²) in [5, 5.41) is 7.58. The molecule has 0 fully saturated rings.